The van der Waals surface area contributed by atoms with Crippen molar-refractivity contribution >= 4 is 5.65 Å². The van der Waals surface area contributed by atoms with E-state index in [-0.39, 0.29) is 12.3 Å². The number of aliphatic hydroxyl groups excluding tert-OH is 1. The highest BCUT2D eigenvalue weighted by Crippen LogP contribution is 2.24. The average Bonchev–Trinajstić information content (AvgIpc) is 2.83. The number of aromatic nitrogens is 4. The zero-order valence-electron chi connectivity index (χ0n) is 11.4. The van der Waals surface area contributed by atoms with Crippen LogP contribution in [-0.2, 0) is 6.42 Å². The van der Waals surface area contributed by atoms with Crippen LogP contribution >= 0.6 is 0 Å². The summed E-state index contributed by atoms with van der Waals surface area (Å²) in [5.74, 6) is 1.46. The van der Waals surface area contributed by atoms with Gasteiger partial charge in [0.1, 0.15) is 11.6 Å². The molecule has 2 N–H and O–H groups in total. The second-order valence-corrected chi connectivity index (χ2v) is 4.55. The first kappa shape index (κ1) is 13.3. The molecule has 0 atom stereocenters. The van der Waals surface area contributed by atoms with Gasteiger partial charge in [0.2, 0.25) is 5.88 Å². The van der Waals surface area contributed by atoms with Crippen LogP contribution in [0.1, 0.15) is 11.4 Å². The summed E-state index contributed by atoms with van der Waals surface area (Å²) in [4.78, 5) is 15.8. The first-order valence-corrected chi connectivity index (χ1v) is 6.50. The first-order valence-electron chi connectivity index (χ1n) is 6.50. The molecule has 2 heterocycles. The lowest BCUT2D eigenvalue weighted by Gasteiger charge is -2.10. The molecule has 0 bridgehead atoms. The number of aliphatic hydroxyl groups is 1. The third-order valence-corrected chi connectivity index (χ3v) is 3.11. The lowest BCUT2D eigenvalue weighted by Crippen LogP contribution is -2.13. The highest BCUT2D eigenvalue weighted by atomic mass is 16.5. The minimum Gasteiger partial charge on any atom is -0.439 e. The van der Waals surface area contributed by atoms with Crippen molar-refractivity contribution in [2.45, 2.75) is 13.3 Å². The van der Waals surface area contributed by atoms with Crippen LogP contribution in [0, 0.1) is 6.92 Å². The fraction of sp³-hybridized carbons (Fsp3) is 0.214. The zero-order valence-corrected chi connectivity index (χ0v) is 11.4. The summed E-state index contributed by atoms with van der Waals surface area (Å²) >= 11 is 0. The molecule has 7 heteroatoms. The molecule has 0 fully saturated rings. The average molecular weight is 286 g/mol. The number of ether oxygens (including phenoxy) is 1. The van der Waals surface area contributed by atoms with Gasteiger partial charge >= 0.3 is 5.69 Å². The topological polar surface area (TPSA) is 92.5 Å². The van der Waals surface area contributed by atoms with Crippen LogP contribution in [0.25, 0.3) is 5.65 Å². The van der Waals surface area contributed by atoms with Crippen LogP contribution in [0.3, 0.4) is 0 Å². The van der Waals surface area contributed by atoms with Gasteiger partial charge in [0.25, 0.3) is 0 Å². The normalized spacial score (nSPS) is 11.0. The molecule has 0 aliphatic heterocycles. The smallest absolute Gasteiger partial charge is 0.349 e. The number of para-hydroxylation sites is 1. The van der Waals surface area contributed by atoms with Gasteiger partial charge in [-0.05, 0) is 25.0 Å². The largest absolute Gasteiger partial charge is 0.439 e. The van der Waals surface area contributed by atoms with Crippen molar-refractivity contribution in [3.63, 3.8) is 0 Å². The second kappa shape index (κ2) is 5.37. The summed E-state index contributed by atoms with van der Waals surface area (Å²) < 4.78 is 7.14. The van der Waals surface area contributed by atoms with Crippen LogP contribution in [-0.4, -0.2) is 31.3 Å². The van der Waals surface area contributed by atoms with Crippen LogP contribution in [0.15, 0.2) is 35.1 Å². The maximum atomic E-state index is 11.5. The molecule has 2 aromatic heterocycles. The molecule has 0 aliphatic carbocycles. The van der Waals surface area contributed by atoms with Crippen molar-refractivity contribution in [2.24, 2.45) is 0 Å². The van der Waals surface area contributed by atoms with Crippen LogP contribution < -0.4 is 10.4 Å². The summed E-state index contributed by atoms with van der Waals surface area (Å²) in [6, 6.07) is 9.01. The Morgan fingerprint density at radius 3 is 3.00 bits per heavy atom. The zero-order chi connectivity index (χ0) is 14.8. The van der Waals surface area contributed by atoms with Gasteiger partial charge in [-0.15, -0.1) is 0 Å². The predicted molar refractivity (Wildman–Crippen MR) is 75.7 cm³/mol. The number of nitrogens with one attached hydrogen (secondary N) is 1. The quantitative estimate of drug-likeness (QED) is 0.748. The summed E-state index contributed by atoms with van der Waals surface area (Å²) in [7, 11) is 0. The minimum atomic E-state index is -0.331. The van der Waals surface area contributed by atoms with E-state index >= 15 is 0 Å². The van der Waals surface area contributed by atoms with Crippen LogP contribution in [0.4, 0.5) is 0 Å². The Bertz CT molecular complexity index is 838. The number of aromatic amines is 1. The van der Waals surface area contributed by atoms with E-state index in [2.05, 4.69) is 15.2 Å². The fourth-order valence-electron chi connectivity index (χ4n) is 2.17. The molecule has 3 rings (SSSR count). The Labute approximate surface area is 119 Å². The van der Waals surface area contributed by atoms with Crippen molar-refractivity contribution < 1.29 is 9.84 Å². The van der Waals surface area contributed by atoms with E-state index < -0.39 is 0 Å². The number of hydrogen-bond donors (Lipinski definition) is 2. The van der Waals surface area contributed by atoms with Gasteiger partial charge in [-0.2, -0.15) is 10.1 Å². The standard InChI is InChI=1S/C14H14N4O3/c1-9-15-13(8-12-16-17-14(20)18(9)12)21-11-5-3-2-4-10(11)6-7-19/h2-5,8,19H,6-7H2,1H3,(H,17,20). The van der Waals surface area contributed by atoms with Crippen molar-refractivity contribution in [1.82, 2.24) is 19.6 Å². The van der Waals surface area contributed by atoms with Gasteiger partial charge in [0.15, 0.2) is 5.65 Å². The first-order chi connectivity index (χ1) is 10.2. The van der Waals surface area contributed by atoms with E-state index in [9.17, 15) is 4.79 Å². The predicted octanol–water partition coefficient (Wildman–Crippen LogP) is 1.05. The number of H-pyrrole nitrogens is 1. The molecule has 21 heavy (non-hydrogen) atoms. The summed E-state index contributed by atoms with van der Waals surface area (Å²) in [5.41, 5.74) is 1.00. The SMILES string of the molecule is Cc1nc(Oc2ccccc2CCO)cc2n[nH]c(=O)n12. The number of nitrogens with zero attached hydrogens (tertiary/aromatic N) is 3. The second-order valence-electron chi connectivity index (χ2n) is 4.55. The van der Waals surface area contributed by atoms with Gasteiger partial charge < -0.3 is 9.84 Å². The van der Waals surface area contributed by atoms with Crippen molar-refractivity contribution in [3.05, 3.63) is 52.2 Å². The Balaban J connectivity index is 2.00. The highest BCUT2D eigenvalue weighted by Gasteiger charge is 2.10. The van der Waals surface area contributed by atoms with Crippen LogP contribution in [0.5, 0.6) is 11.6 Å². The molecule has 0 amide bonds. The maximum Gasteiger partial charge on any atom is 0.349 e. The molecule has 0 saturated carbocycles. The number of hydrogen-bond acceptors (Lipinski definition) is 5. The molecule has 0 saturated heterocycles. The summed E-state index contributed by atoms with van der Waals surface area (Å²) in [6.45, 7) is 1.75. The van der Waals surface area contributed by atoms with Gasteiger partial charge in [-0.3, -0.25) is 0 Å². The summed E-state index contributed by atoms with van der Waals surface area (Å²) in [6.07, 6.45) is 0.499. The minimum absolute atomic E-state index is 0.0423. The van der Waals surface area contributed by atoms with Gasteiger partial charge in [0.05, 0.1) is 0 Å². The fourth-order valence-corrected chi connectivity index (χ4v) is 2.17. The lowest BCUT2D eigenvalue weighted by atomic mass is 10.1. The van der Waals surface area contributed by atoms with E-state index in [1.165, 1.54) is 4.40 Å². The van der Waals surface area contributed by atoms with Gasteiger partial charge in [-0.1, -0.05) is 18.2 Å². The van der Waals surface area contributed by atoms with Crippen molar-refractivity contribution in [3.8, 4) is 11.6 Å². The Hall–Kier alpha value is -2.67. The molecule has 3 aromatic rings. The number of rotatable bonds is 4. The molecule has 0 aliphatic rings. The third-order valence-electron chi connectivity index (χ3n) is 3.11. The molecular formula is C14H14N4O3. The highest BCUT2D eigenvalue weighted by molar-refractivity contribution is 5.43. The van der Waals surface area contributed by atoms with Crippen LogP contribution in [0.2, 0.25) is 0 Å². The molecule has 1 aromatic carbocycles. The Morgan fingerprint density at radius 2 is 2.19 bits per heavy atom. The van der Waals surface area contributed by atoms with Gasteiger partial charge in [0, 0.05) is 12.7 Å². The Kier molecular flexibility index (Phi) is 3.41. The maximum absolute atomic E-state index is 11.5. The third kappa shape index (κ3) is 2.50. The van der Waals surface area contributed by atoms with E-state index in [1.54, 1.807) is 13.0 Å². The molecule has 7 nitrogen and oxygen atoms in total. The van der Waals surface area contributed by atoms with Gasteiger partial charge in [-0.25, -0.2) is 14.3 Å². The monoisotopic (exact) mass is 286 g/mol. The van der Waals surface area contributed by atoms with E-state index in [1.807, 2.05) is 24.3 Å². The number of aryl methyl sites for hydroxylation is 1. The lowest BCUT2D eigenvalue weighted by molar-refractivity contribution is 0.297. The molecular weight excluding hydrogens is 272 g/mol. The number of benzene rings is 1. The van der Waals surface area contributed by atoms with E-state index in [4.69, 9.17) is 9.84 Å². The summed E-state index contributed by atoms with van der Waals surface area (Å²) in [5, 5.41) is 15.3. The molecule has 0 radical (unpaired) electrons. The number of fused-ring (bicyclic) bond motifs is 1. The van der Waals surface area contributed by atoms with E-state index in [0.717, 1.165) is 5.56 Å². The molecule has 108 valence electrons. The molecule has 0 unspecified atom stereocenters. The van der Waals surface area contributed by atoms with Crippen molar-refractivity contribution in [1.29, 1.82) is 0 Å². The molecule has 0 spiro atoms. The van der Waals surface area contributed by atoms with Crippen molar-refractivity contribution in [2.75, 3.05) is 6.61 Å². The Morgan fingerprint density at radius 1 is 1.38 bits per heavy atom. The van der Waals surface area contributed by atoms with E-state index in [0.29, 0.717) is 29.5 Å².